The molecule has 0 aliphatic rings. The predicted octanol–water partition coefficient (Wildman–Crippen LogP) is 3.57. The maximum Gasteiger partial charge on any atom is 0.243 e. The van der Waals surface area contributed by atoms with Crippen LogP contribution in [0.4, 0.5) is 0 Å². The van der Waals surface area contributed by atoms with Crippen molar-refractivity contribution in [2.75, 3.05) is 7.05 Å². The van der Waals surface area contributed by atoms with Crippen molar-refractivity contribution in [1.29, 1.82) is 0 Å². The number of sulfonamides is 1. The number of benzene rings is 2. The summed E-state index contributed by atoms with van der Waals surface area (Å²) in [5, 5.41) is 3.39. The van der Waals surface area contributed by atoms with Crippen molar-refractivity contribution < 1.29 is 8.42 Å². The van der Waals surface area contributed by atoms with Gasteiger partial charge in [0.05, 0.1) is 4.90 Å². The van der Waals surface area contributed by atoms with E-state index in [1.165, 1.54) is 15.4 Å². The minimum Gasteiger partial charge on any atom is -0.309 e. The largest absolute Gasteiger partial charge is 0.309 e. The monoisotopic (exact) mass is 360 g/mol. The summed E-state index contributed by atoms with van der Waals surface area (Å²) in [5.74, 6) is 0. The summed E-state index contributed by atoms with van der Waals surface area (Å²) in [6.45, 7) is 7.37. The van der Waals surface area contributed by atoms with E-state index in [-0.39, 0.29) is 6.04 Å². The number of rotatable bonds is 8. The Morgan fingerprint density at radius 2 is 1.32 bits per heavy atom. The molecule has 0 atom stereocenters. The zero-order valence-electron chi connectivity index (χ0n) is 15.5. The molecule has 1 N–H and O–H groups in total. The molecule has 0 saturated heterocycles. The fraction of sp³-hybridized carbons (Fsp3) is 0.400. The van der Waals surface area contributed by atoms with Crippen molar-refractivity contribution >= 4 is 10.0 Å². The summed E-state index contributed by atoms with van der Waals surface area (Å²) >= 11 is 0. The van der Waals surface area contributed by atoms with E-state index in [4.69, 9.17) is 0 Å². The summed E-state index contributed by atoms with van der Waals surface area (Å²) in [7, 11) is -1.80. The summed E-state index contributed by atoms with van der Waals surface area (Å²) < 4.78 is 26.3. The molecule has 0 heterocycles. The van der Waals surface area contributed by atoms with Gasteiger partial charge in [0.25, 0.3) is 0 Å². The third-order valence-corrected chi connectivity index (χ3v) is 6.46. The highest BCUT2D eigenvalue weighted by molar-refractivity contribution is 7.89. The highest BCUT2D eigenvalue weighted by atomic mass is 32.2. The molecule has 0 bridgehead atoms. The van der Waals surface area contributed by atoms with Gasteiger partial charge in [-0.1, -0.05) is 43.3 Å². The van der Waals surface area contributed by atoms with Gasteiger partial charge in [0.1, 0.15) is 0 Å². The normalized spacial score (nSPS) is 12.1. The Balaban J connectivity index is 1.94. The molecule has 2 aromatic rings. The average Bonchev–Trinajstić information content (AvgIpc) is 2.62. The summed E-state index contributed by atoms with van der Waals surface area (Å²) in [4.78, 5) is 0.336. The first-order chi connectivity index (χ1) is 11.8. The van der Waals surface area contributed by atoms with Crippen LogP contribution in [0.15, 0.2) is 53.4 Å². The molecular formula is C20H28N2O2S. The summed E-state index contributed by atoms with van der Waals surface area (Å²) in [5.41, 5.74) is 3.65. The van der Waals surface area contributed by atoms with Crippen molar-refractivity contribution in [3.63, 3.8) is 0 Å². The number of aryl methyl sites for hydroxylation is 1. The molecule has 0 aliphatic heterocycles. The van der Waals surface area contributed by atoms with Crippen molar-refractivity contribution in [1.82, 2.24) is 9.62 Å². The minimum absolute atomic E-state index is 0.0644. The van der Waals surface area contributed by atoms with Gasteiger partial charge in [-0.2, -0.15) is 4.31 Å². The van der Waals surface area contributed by atoms with Crippen LogP contribution in [-0.2, 0) is 29.5 Å². The van der Waals surface area contributed by atoms with E-state index in [2.05, 4.69) is 36.5 Å². The average molecular weight is 361 g/mol. The van der Waals surface area contributed by atoms with Gasteiger partial charge in [0.2, 0.25) is 10.0 Å². The maximum atomic E-state index is 12.4. The van der Waals surface area contributed by atoms with Crippen molar-refractivity contribution in [2.45, 2.75) is 51.2 Å². The van der Waals surface area contributed by atoms with Crippen molar-refractivity contribution in [3.05, 3.63) is 65.2 Å². The van der Waals surface area contributed by atoms with Crippen LogP contribution < -0.4 is 5.32 Å². The van der Waals surface area contributed by atoms with Crippen LogP contribution in [0.3, 0.4) is 0 Å². The van der Waals surface area contributed by atoms with Crippen LogP contribution in [0, 0.1) is 0 Å². The molecule has 0 spiro atoms. The molecule has 0 fully saturated rings. The molecule has 5 heteroatoms. The van der Waals surface area contributed by atoms with E-state index in [0.717, 1.165) is 18.5 Å². The molecule has 0 aliphatic carbocycles. The van der Waals surface area contributed by atoms with Crippen LogP contribution in [-0.4, -0.2) is 25.8 Å². The van der Waals surface area contributed by atoms with E-state index in [1.807, 2.05) is 26.0 Å². The van der Waals surface area contributed by atoms with E-state index in [0.29, 0.717) is 11.4 Å². The van der Waals surface area contributed by atoms with E-state index in [1.54, 1.807) is 19.2 Å². The molecule has 4 nitrogen and oxygen atoms in total. The van der Waals surface area contributed by atoms with Crippen molar-refractivity contribution in [2.24, 2.45) is 0 Å². The van der Waals surface area contributed by atoms with Crippen LogP contribution >= 0.6 is 0 Å². The molecule has 2 rings (SSSR count). The number of hydrogen-bond donors (Lipinski definition) is 1. The molecule has 0 unspecified atom stereocenters. The van der Waals surface area contributed by atoms with Crippen molar-refractivity contribution in [3.8, 4) is 0 Å². The molecule has 136 valence electrons. The predicted molar refractivity (Wildman–Crippen MR) is 103 cm³/mol. The Morgan fingerprint density at radius 3 is 1.76 bits per heavy atom. The SMILES string of the molecule is CCc1ccc(CNCc2ccc(S(=O)(=O)N(C)C(C)C)cc2)cc1. The molecule has 0 radical (unpaired) electrons. The van der Waals surface area contributed by atoms with Crippen LogP contribution in [0.5, 0.6) is 0 Å². The fourth-order valence-electron chi connectivity index (χ4n) is 2.47. The van der Waals surface area contributed by atoms with Gasteiger partial charge in [-0.15, -0.1) is 0 Å². The lowest BCUT2D eigenvalue weighted by atomic mass is 10.1. The van der Waals surface area contributed by atoms with Crippen LogP contribution in [0.2, 0.25) is 0 Å². The van der Waals surface area contributed by atoms with Gasteiger partial charge in [-0.25, -0.2) is 8.42 Å². The molecular weight excluding hydrogens is 332 g/mol. The Hall–Kier alpha value is -1.69. The first kappa shape index (κ1) is 19.6. The summed E-state index contributed by atoms with van der Waals surface area (Å²) in [6.07, 6.45) is 1.05. The third kappa shape index (κ3) is 5.14. The maximum absolute atomic E-state index is 12.4. The van der Waals surface area contributed by atoms with Gasteiger partial charge >= 0.3 is 0 Å². The Morgan fingerprint density at radius 1 is 0.880 bits per heavy atom. The summed E-state index contributed by atoms with van der Waals surface area (Å²) in [6, 6.07) is 15.6. The fourth-order valence-corrected chi connectivity index (χ4v) is 3.83. The Bertz CT molecular complexity index is 766. The number of hydrogen-bond acceptors (Lipinski definition) is 3. The highest BCUT2D eigenvalue weighted by Crippen LogP contribution is 2.17. The Labute approximate surface area is 151 Å². The zero-order valence-corrected chi connectivity index (χ0v) is 16.3. The lowest BCUT2D eigenvalue weighted by molar-refractivity contribution is 0.410. The van der Waals surface area contributed by atoms with Gasteiger partial charge in [0, 0.05) is 26.2 Å². The van der Waals surface area contributed by atoms with E-state index < -0.39 is 10.0 Å². The lowest BCUT2D eigenvalue weighted by Crippen LogP contribution is -2.33. The molecule has 2 aromatic carbocycles. The second-order valence-electron chi connectivity index (χ2n) is 6.53. The molecule has 0 aromatic heterocycles. The van der Waals surface area contributed by atoms with E-state index >= 15 is 0 Å². The molecule has 25 heavy (non-hydrogen) atoms. The quantitative estimate of drug-likeness (QED) is 0.783. The van der Waals surface area contributed by atoms with Gasteiger partial charge in [-0.05, 0) is 49.1 Å². The second kappa shape index (κ2) is 8.61. The first-order valence-electron chi connectivity index (χ1n) is 8.70. The number of nitrogens with zero attached hydrogens (tertiary/aromatic N) is 1. The van der Waals surface area contributed by atoms with Crippen LogP contribution in [0.25, 0.3) is 0 Å². The Kier molecular flexibility index (Phi) is 6.76. The van der Waals surface area contributed by atoms with Gasteiger partial charge in [0.15, 0.2) is 0 Å². The second-order valence-corrected chi connectivity index (χ2v) is 8.53. The smallest absolute Gasteiger partial charge is 0.243 e. The standard InChI is InChI=1S/C20H28N2O2S/c1-5-17-6-8-18(9-7-17)14-21-15-19-10-12-20(13-11-19)25(23,24)22(4)16(2)3/h6-13,16,21H,5,14-15H2,1-4H3. The van der Waals surface area contributed by atoms with E-state index in [9.17, 15) is 8.42 Å². The topological polar surface area (TPSA) is 49.4 Å². The minimum atomic E-state index is -3.41. The van der Waals surface area contributed by atoms with Gasteiger partial charge < -0.3 is 5.32 Å². The third-order valence-electron chi connectivity index (χ3n) is 4.42. The lowest BCUT2D eigenvalue weighted by Gasteiger charge is -2.21. The highest BCUT2D eigenvalue weighted by Gasteiger charge is 2.22. The zero-order chi connectivity index (χ0) is 18.4. The molecule has 0 saturated carbocycles. The number of nitrogens with one attached hydrogen (secondary N) is 1. The molecule has 0 amide bonds. The first-order valence-corrected chi connectivity index (χ1v) is 10.1. The van der Waals surface area contributed by atoms with Gasteiger partial charge in [-0.3, -0.25) is 0 Å². The van der Waals surface area contributed by atoms with Crippen LogP contribution in [0.1, 0.15) is 37.5 Å².